The van der Waals surface area contributed by atoms with E-state index in [1.165, 1.54) is 122 Å². The first-order chi connectivity index (χ1) is 15.8. The van der Waals surface area contributed by atoms with E-state index in [9.17, 15) is 10.8 Å². The number of hydrogen-bond acceptors (Lipinski definition) is 2. The van der Waals surface area contributed by atoms with Crippen molar-refractivity contribution in [2.24, 2.45) is 11.7 Å². The molecule has 0 amide bonds. The molecule has 0 aromatic carbocycles. The fraction of sp³-hybridized carbons (Fsp3) is 1.00. The Morgan fingerprint density at radius 3 is 0.938 bits per heavy atom. The minimum Gasteiger partial charge on any atom is -1.49 e. The van der Waals surface area contributed by atoms with Gasteiger partial charge in [-0.25, -0.2) is 0 Å². The minimum absolute atomic E-state index is 0.417. The molecule has 7 heteroatoms. The lowest BCUT2D eigenvalue weighted by atomic mass is 9.94. The number of aliphatic hydroxyl groups excluding tert-OH is 1. The van der Waals surface area contributed by atoms with Crippen molar-refractivity contribution in [2.75, 3.05) is 19.3 Å². The summed E-state index contributed by atoms with van der Waals surface area (Å²) in [5, 5.41) is 9.50. The van der Waals surface area contributed by atoms with E-state index in [1.54, 1.807) is 0 Å². The molecular weight excluding hydrogens is 653 g/mol. The van der Waals surface area contributed by atoms with Crippen molar-refractivity contribution in [3.63, 3.8) is 0 Å². The van der Waals surface area contributed by atoms with Crippen LogP contribution in [0, 0.1) is 5.92 Å². The Kier molecular flexibility index (Phi) is 58.8. The molecule has 0 aromatic rings. The van der Waals surface area contributed by atoms with Crippen LogP contribution in [0.3, 0.4) is 0 Å². The molecular formula is C25H54F2I2NOP-2. The predicted octanol–water partition coefficient (Wildman–Crippen LogP) is 11.0. The van der Waals surface area contributed by atoms with E-state index < -0.39 is 0 Å². The summed E-state index contributed by atoms with van der Waals surface area (Å²) in [6.07, 6.45) is 27.8. The molecule has 2 nitrogen and oxygen atoms in total. The minimum atomic E-state index is 0.417. The molecule has 3 N–H and O–H groups in total. The lowest BCUT2D eigenvalue weighted by Gasteiger charge is -2.22. The Hall–Kier alpha value is 1.67. The molecule has 0 atom stereocenters. The fourth-order valence-electron chi connectivity index (χ4n) is 3.84. The van der Waals surface area contributed by atoms with Crippen molar-refractivity contribution >= 4 is 55.6 Å². The Balaban J connectivity index is -0.000000337. The Labute approximate surface area is 231 Å². The molecule has 0 bridgehead atoms. The fourth-order valence-corrected chi connectivity index (χ4v) is 3.84. The summed E-state index contributed by atoms with van der Waals surface area (Å²) in [5.41, 5.74) is 4.85. The summed E-state index contributed by atoms with van der Waals surface area (Å²) in [5.74, 6) is 0.589. The van der Waals surface area contributed by atoms with Crippen LogP contribution in [0.25, 0.3) is 0 Å². The van der Waals surface area contributed by atoms with Crippen molar-refractivity contribution in [1.29, 1.82) is 0 Å². The van der Waals surface area contributed by atoms with Crippen LogP contribution in [0.15, 0.2) is 0 Å². The van der Waals surface area contributed by atoms with E-state index in [4.69, 9.17) is 5.73 Å². The van der Waals surface area contributed by atoms with E-state index >= 15 is 0 Å². The van der Waals surface area contributed by atoms with Gasteiger partial charge in [-0.05, 0) is 25.3 Å². The largest absolute Gasteiger partial charge is 1.49 e. The van der Waals surface area contributed by atoms with E-state index in [0.717, 1.165) is 12.7 Å². The molecule has 0 spiro atoms. The van der Waals surface area contributed by atoms with Gasteiger partial charge in [-0.3, -0.25) is 0 Å². The summed E-state index contributed by atoms with van der Waals surface area (Å²) in [4.78, 5) is 0. The van der Waals surface area contributed by atoms with Gasteiger partial charge in [0.2, 0.25) is 0 Å². The predicted molar refractivity (Wildman–Crippen MR) is 161 cm³/mol. The van der Waals surface area contributed by atoms with Crippen LogP contribution >= 0.6 is 55.6 Å². The quantitative estimate of drug-likeness (QED) is 0.211. The molecule has 1 rings (SSSR count). The molecule has 0 radical (unpaired) electrons. The van der Waals surface area contributed by atoms with Gasteiger partial charge in [-0.15, -0.1) is 6.92 Å². The van der Waals surface area contributed by atoms with Crippen LogP contribution in [0.5, 0.6) is 0 Å². The maximum absolute atomic E-state index is 9.50. The maximum atomic E-state index is 9.50. The van der Waals surface area contributed by atoms with Gasteiger partial charge < -0.3 is 26.2 Å². The summed E-state index contributed by atoms with van der Waals surface area (Å²) in [6.45, 7) is 5.06. The summed E-state index contributed by atoms with van der Waals surface area (Å²) in [6, 6.07) is 0. The maximum Gasteiger partial charge on any atom is 0.171 e. The second kappa shape index (κ2) is 46.1. The third-order valence-corrected chi connectivity index (χ3v) is 5.48. The molecule has 0 saturated heterocycles. The highest BCUT2D eigenvalue weighted by molar-refractivity contribution is 14.1. The van der Waals surface area contributed by atoms with Gasteiger partial charge in [0.15, 0.2) is 46.3 Å². The van der Waals surface area contributed by atoms with Crippen LogP contribution in [-0.2, 0) is 0 Å². The van der Waals surface area contributed by atoms with E-state index in [1.807, 2.05) is 13.8 Å². The van der Waals surface area contributed by atoms with Crippen molar-refractivity contribution in [3.05, 3.63) is 0 Å². The Morgan fingerprint density at radius 1 is 0.625 bits per heavy atom. The number of aliphatic hydroxyl groups is 1. The van der Waals surface area contributed by atoms with E-state index in [0.29, 0.717) is 58.9 Å². The average Bonchev–Trinajstić information content (AvgIpc) is 2.82. The molecule has 0 unspecified atom stereocenters. The number of hydrogen-bond donors (Lipinski definition) is 2. The van der Waals surface area contributed by atoms with Crippen LogP contribution in [-0.4, -0.2) is 24.4 Å². The van der Waals surface area contributed by atoms with Gasteiger partial charge in [0.25, 0.3) is 0 Å². The van der Waals surface area contributed by atoms with Gasteiger partial charge in [0.1, 0.15) is 0 Å². The zero-order valence-electron chi connectivity index (χ0n) is 21.1. The molecule has 1 saturated carbocycles. The second-order valence-electron chi connectivity index (χ2n) is 8.36. The zero-order valence-corrected chi connectivity index (χ0v) is 26.3. The number of halogens is 4. The Bertz CT molecular complexity index is 250. The van der Waals surface area contributed by atoms with Crippen LogP contribution < -0.4 is 5.73 Å². The topological polar surface area (TPSA) is 46.2 Å². The lowest BCUT2D eigenvalue weighted by molar-refractivity contribution is 0.204. The summed E-state index contributed by atoms with van der Waals surface area (Å²) in [7, 11) is 3.79. The first kappa shape index (κ1) is 40.8. The average molecular weight is 707 g/mol. The third-order valence-electron chi connectivity index (χ3n) is 5.48. The van der Waals surface area contributed by atoms with Gasteiger partial charge in [0, 0.05) is 6.61 Å². The Morgan fingerprint density at radius 2 is 0.781 bits per heavy atom. The van der Waals surface area contributed by atoms with Crippen molar-refractivity contribution < 1.29 is 10.8 Å². The standard InChI is InChI=1S/C21H42O.C2H7N.C2H5P.2FI/c22-20-21-18-16-14-12-10-8-6-4-2-1-3-5-7-9-11-13-15-17-19-21;2*1-2-3;2*1-2/h21-22H,1-20H2;2-3H2,1H3;2H2,1H3;;/q;;-2;;. The molecule has 0 aromatic heterocycles. The summed E-state index contributed by atoms with van der Waals surface area (Å²) >= 11 is 1.30. The SMILES string of the molecule is CCN.CC[P-2].FI.FI.OCC1CCCCCCCCCCCCCCCCCCC1. The van der Waals surface area contributed by atoms with Crippen LogP contribution in [0.1, 0.15) is 136 Å². The highest BCUT2D eigenvalue weighted by atomic mass is 127. The smallest absolute Gasteiger partial charge is 0.171 e. The number of rotatable bonds is 1. The number of nitrogens with two attached hydrogens (primary N) is 1. The third kappa shape index (κ3) is 45.2. The van der Waals surface area contributed by atoms with Gasteiger partial charge in [-0.1, -0.05) is 116 Å². The highest BCUT2D eigenvalue weighted by Gasteiger charge is 2.07. The molecule has 1 aliphatic carbocycles. The second-order valence-corrected chi connectivity index (χ2v) is 8.99. The van der Waals surface area contributed by atoms with Crippen molar-refractivity contribution in [2.45, 2.75) is 136 Å². The lowest BCUT2D eigenvalue weighted by Crippen LogP contribution is -2.06. The first-order valence-corrected chi connectivity index (χ1v) is 15.2. The van der Waals surface area contributed by atoms with E-state index in [2.05, 4.69) is 9.24 Å². The molecule has 32 heavy (non-hydrogen) atoms. The molecule has 0 heterocycles. The molecule has 0 aliphatic heterocycles. The van der Waals surface area contributed by atoms with Crippen molar-refractivity contribution in [3.8, 4) is 0 Å². The highest BCUT2D eigenvalue weighted by Crippen LogP contribution is 2.20. The normalized spacial score (nSPS) is 17.9. The van der Waals surface area contributed by atoms with Gasteiger partial charge >= 0.3 is 0 Å². The molecule has 1 aliphatic rings. The van der Waals surface area contributed by atoms with Crippen LogP contribution in [0.2, 0.25) is 0 Å². The van der Waals surface area contributed by atoms with Gasteiger partial charge in [0.05, 0.1) is 0 Å². The van der Waals surface area contributed by atoms with E-state index in [-0.39, 0.29) is 0 Å². The molecule has 200 valence electrons. The van der Waals surface area contributed by atoms with Crippen molar-refractivity contribution in [1.82, 2.24) is 0 Å². The van der Waals surface area contributed by atoms with Gasteiger partial charge in [-0.2, -0.15) is 5.72 Å². The van der Waals surface area contributed by atoms with Crippen LogP contribution in [0.4, 0.5) is 5.72 Å². The first-order valence-electron chi connectivity index (χ1n) is 13.0. The monoisotopic (exact) mass is 707 g/mol. The molecule has 1 fully saturated rings. The summed E-state index contributed by atoms with van der Waals surface area (Å²) < 4.78 is 18.9. The zero-order chi connectivity index (χ0) is 25.1.